The van der Waals surface area contributed by atoms with Gasteiger partial charge in [-0.15, -0.1) is 0 Å². The van der Waals surface area contributed by atoms with Crippen LogP contribution in [0.15, 0.2) is 12.1 Å². The molecule has 3 nitrogen and oxygen atoms in total. The molecule has 0 fully saturated rings. The first-order valence-corrected chi connectivity index (χ1v) is 3.95. The van der Waals surface area contributed by atoms with E-state index in [9.17, 15) is 4.79 Å². The highest BCUT2D eigenvalue weighted by Crippen LogP contribution is 2.27. The minimum absolute atomic E-state index is 0.0245. The van der Waals surface area contributed by atoms with E-state index in [1.54, 1.807) is 6.07 Å². The van der Waals surface area contributed by atoms with Crippen molar-refractivity contribution in [1.29, 1.82) is 5.26 Å². The van der Waals surface area contributed by atoms with Crippen LogP contribution in [0.25, 0.3) is 0 Å². The number of halogens is 2. The zero-order chi connectivity index (χ0) is 10.0. The average molecular weight is 216 g/mol. The molecule has 5 heteroatoms. The number of benzene rings is 1. The monoisotopic (exact) mass is 215 g/mol. The number of carboxylic acid groups (broad SMARTS) is 1. The Hall–Kier alpha value is -1.24. The standard InChI is InChI=1S/C8H3Cl2NO2/c9-5-2-1-4(3-11)7(10)6(5)8(12)13/h1-2H,(H,12,13). The van der Waals surface area contributed by atoms with Crippen molar-refractivity contribution >= 4 is 29.2 Å². The van der Waals surface area contributed by atoms with E-state index < -0.39 is 5.97 Å². The van der Waals surface area contributed by atoms with Crippen LogP contribution in [0.2, 0.25) is 10.0 Å². The van der Waals surface area contributed by atoms with E-state index >= 15 is 0 Å². The second-order valence-corrected chi connectivity index (χ2v) is 2.99. The lowest BCUT2D eigenvalue weighted by Gasteiger charge is -2.02. The largest absolute Gasteiger partial charge is 0.478 e. The molecule has 0 spiro atoms. The molecule has 1 rings (SSSR count). The van der Waals surface area contributed by atoms with E-state index in [0.717, 1.165) is 0 Å². The van der Waals surface area contributed by atoms with Gasteiger partial charge < -0.3 is 5.11 Å². The third kappa shape index (κ3) is 1.74. The van der Waals surface area contributed by atoms with Gasteiger partial charge in [-0.25, -0.2) is 4.79 Å². The van der Waals surface area contributed by atoms with Crippen molar-refractivity contribution < 1.29 is 9.90 Å². The number of hydrogen-bond donors (Lipinski definition) is 1. The summed E-state index contributed by atoms with van der Waals surface area (Å²) in [5.41, 5.74) is -0.133. The molecule has 0 unspecified atom stereocenters. The lowest BCUT2D eigenvalue weighted by Crippen LogP contribution is -2.00. The van der Waals surface area contributed by atoms with E-state index in [-0.39, 0.29) is 21.2 Å². The van der Waals surface area contributed by atoms with Crippen molar-refractivity contribution in [1.82, 2.24) is 0 Å². The van der Waals surface area contributed by atoms with Gasteiger partial charge in [0.15, 0.2) is 0 Å². The lowest BCUT2D eigenvalue weighted by molar-refractivity contribution is 0.0697. The molecule has 0 aliphatic heterocycles. The third-order valence-electron chi connectivity index (χ3n) is 1.43. The predicted octanol–water partition coefficient (Wildman–Crippen LogP) is 2.56. The summed E-state index contributed by atoms with van der Waals surface area (Å²) in [5, 5.41) is 17.1. The highest BCUT2D eigenvalue weighted by molar-refractivity contribution is 6.39. The molecule has 0 aliphatic carbocycles. The number of carboxylic acids is 1. The Balaban J connectivity index is 3.50. The van der Waals surface area contributed by atoms with Gasteiger partial charge >= 0.3 is 5.97 Å². The maximum absolute atomic E-state index is 10.6. The fraction of sp³-hybridized carbons (Fsp3) is 0. The smallest absolute Gasteiger partial charge is 0.338 e. The summed E-state index contributed by atoms with van der Waals surface area (Å²) < 4.78 is 0. The summed E-state index contributed by atoms with van der Waals surface area (Å²) in [4.78, 5) is 10.6. The molecular weight excluding hydrogens is 213 g/mol. The topological polar surface area (TPSA) is 61.1 Å². The molecule has 1 aromatic rings. The van der Waals surface area contributed by atoms with Crippen LogP contribution in [0.4, 0.5) is 0 Å². The van der Waals surface area contributed by atoms with E-state index in [0.29, 0.717) is 0 Å². The molecule has 0 amide bonds. The zero-order valence-corrected chi connectivity index (χ0v) is 7.73. The quantitative estimate of drug-likeness (QED) is 0.784. The maximum Gasteiger partial charge on any atom is 0.338 e. The highest BCUT2D eigenvalue weighted by atomic mass is 35.5. The second kappa shape index (κ2) is 3.65. The van der Waals surface area contributed by atoms with Crippen LogP contribution in [0.3, 0.4) is 0 Å². The minimum Gasteiger partial charge on any atom is -0.478 e. The van der Waals surface area contributed by atoms with E-state index in [2.05, 4.69) is 0 Å². The first-order chi connectivity index (χ1) is 6.07. The predicted molar refractivity (Wildman–Crippen MR) is 48.1 cm³/mol. The van der Waals surface area contributed by atoms with Crippen LogP contribution < -0.4 is 0 Å². The van der Waals surface area contributed by atoms with Gasteiger partial charge in [0.25, 0.3) is 0 Å². The fourth-order valence-electron chi connectivity index (χ4n) is 0.835. The molecule has 0 bridgehead atoms. The zero-order valence-electron chi connectivity index (χ0n) is 6.21. The molecule has 1 aromatic carbocycles. The number of rotatable bonds is 1. The lowest BCUT2D eigenvalue weighted by atomic mass is 10.1. The average Bonchev–Trinajstić information content (AvgIpc) is 2.04. The van der Waals surface area contributed by atoms with Gasteiger partial charge in [-0.05, 0) is 12.1 Å². The number of aromatic carboxylic acids is 1. The van der Waals surface area contributed by atoms with Crippen molar-refractivity contribution in [2.75, 3.05) is 0 Å². The summed E-state index contributed by atoms with van der Waals surface area (Å²) in [6, 6.07) is 4.46. The van der Waals surface area contributed by atoms with Gasteiger partial charge in [0.1, 0.15) is 6.07 Å². The minimum atomic E-state index is -1.24. The van der Waals surface area contributed by atoms with Crippen molar-refractivity contribution in [3.63, 3.8) is 0 Å². The Morgan fingerprint density at radius 1 is 1.46 bits per heavy atom. The third-order valence-corrected chi connectivity index (χ3v) is 2.13. The van der Waals surface area contributed by atoms with Gasteiger partial charge in [-0.2, -0.15) is 5.26 Å². The molecule has 13 heavy (non-hydrogen) atoms. The molecule has 66 valence electrons. The molecule has 0 aromatic heterocycles. The Kier molecular flexibility index (Phi) is 2.76. The number of carbonyl (C=O) groups is 1. The number of hydrogen-bond acceptors (Lipinski definition) is 2. The Bertz CT molecular complexity index is 409. The van der Waals surface area contributed by atoms with Crippen LogP contribution in [-0.2, 0) is 0 Å². The van der Waals surface area contributed by atoms with Gasteiger partial charge in [-0.3, -0.25) is 0 Å². The van der Waals surface area contributed by atoms with Crippen LogP contribution >= 0.6 is 23.2 Å². The normalized spacial score (nSPS) is 9.31. The Morgan fingerprint density at radius 2 is 2.08 bits per heavy atom. The maximum atomic E-state index is 10.6. The van der Waals surface area contributed by atoms with Crippen LogP contribution in [0.1, 0.15) is 15.9 Å². The SMILES string of the molecule is N#Cc1ccc(Cl)c(C(=O)O)c1Cl. The molecule has 0 aliphatic rings. The van der Waals surface area contributed by atoms with Gasteiger partial charge in [0, 0.05) is 0 Å². The summed E-state index contributed by atoms with van der Waals surface area (Å²) in [6.07, 6.45) is 0. The molecular formula is C8H3Cl2NO2. The summed E-state index contributed by atoms with van der Waals surface area (Å²) in [6.45, 7) is 0. The summed E-state index contributed by atoms with van der Waals surface area (Å²) in [5.74, 6) is -1.24. The molecule has 0 heterocycles. The van der Waals surface area contributed by atoms with Crippen LogP contribution in [-0.4, -0.2) is 11.1 Å². The number of nitriles is 1. The second-order valence-electron chi connectivity index (χ2n) is 2.20. The van der Waals surface area contributed by atoms with Gasteiger partial charge in [0.05, 0.1) is 21.2 Å². The summed E-state index contributed by atoms with van der Waals surface area (Å²) in [7, 11) is 0. The molecule has 0 atom stereocenters. The fourth-order valence-corrected chi connectivity index (χ4v) is 1.41. The van der Waals surface area contributed by atoms with E-state index in [1.165, 1.54) is 12.1 Å². The van der Waals surface area contributed by atoms with Crippen molar-refractivity contribution in [3.05, 3.63) is 33.3 Å². The van der Waals surface area contributed by atoms with Crippen LogP contribution in [0, 0.1) is 11.3 Å². The van der Waals surface area contributed by atoms with Crippen molar-refractivity contribution in [2.45, 2.75) is 0 Å². The summed E-state index contributed by atoms with van der Waals surface area (Å²) >= 11 is 11.2. The molecule has 0 radical (unpaired) electrons. The van der Waals surface area contributed by atoms with E-state index in [4.69, 9.17) is 33.6 Å². The first kappa shape index (κ1) is 9.85. The molecule has 0 saturated heterocycles. The van der Waals surface area contributed by atoms with Crippen molar-refractivity contribution in [3.8, 4) is 6.07 Å². The Labute approximate surface area is 84.1 Å². The van der Waals surface area contributed by atoms with Crippen molar-refractivity contribution in [2.24, 2.45) is 0 Å². The first-order valence-electron chi connectivity index (χ1n) is 3.19. The number of nitrogens with zero attached hydrogens (tertiary/aromatic N) is 1. The highest BCUT2D eigenvalue weighted by Gasteiger charge is 2.16. The van der Waals surface area contributed by atoms with Gasteiger partial charge in [0.2, 0.25) is 0 Å². The van der Waals surface area contributed by atoms with E-state index in [1.807, 2.05) is 0 Å². The van der Waals surface area contributed by atoms with Crippen LogP contribution in [0.5, 0.6) is 0 Å². The molecule has 0 saturated carbocycles. The molecule has 1 N–H and O–H groups in total. The Morgan fingerprint density at radius 3 is 2.54 bits per heavy atom. The van der Waals surface area contributed by atoms with Gasteiger partial charge in [-0.1, -0.05) is 23.2 Å².